The molecule has 0 aliphatic heterocycles. The van der Waals surface area contributed by atoms with Crippen LogP contribution in [0, 0.1) is 0 Å². The van der Waals surface area contributed by atoms with Crippen LogP contribution in [0.3, 0.4) is 0 Å². The molecule has 0 atom stereocenters. The van der Waals surface area contributed by atoms with Gasteiger partial charge in [0.1, 0.15) is 0 Å². The Balaban J connectivity index is 2.25. The molecule has 0 bridgehead atoms. The van der Waals surface area contributed by atoms with Gasteiger partial charge in [0, 0.05) is 17.4 Å². The lowest BCUT2D eigenvalue weighted by Gasteiger charge is -2.08. The van der Waals surface area contributed by atoms with Crippen LogP contribution >= 0.6 is 39.1 Å². The zero-order chi connectivity index (χ0) is 13.1. The second-order valence-electron chi connectivity index (χ2n) is 3.43. The highest BCUT2D eigenvalue weighted by atomic mass is 79.9. The molecule has 1 heterocycles. The third kappa shape index (κ3) is 3.02. The molecule has 0 radical (unpaired) electrons. The van der Waals surface area contributed by atoms with Crippen molar-refractivity contribution in [3.05, 3.63) is 56.7 Å². The third-order valence-corrected chi connectivity index (χ3v) is 3.38. The zero-order valence-corrected chi connectivity index (χ0v) is 12.1. The van der Waals surface area contributed by atoms with Crippen LogP contribution in [0.4, 0.5) is 5.69 Å². The van der Waals surface area contributed by atoms with Gasteiger partial charge in [0.2, 0.25) is 0 Å². The Morgan fingerprint density at radius 1 is 1.28 bits per heavy atom. The maximum Gasteiger partial charge on any atom is 0.257 e. The lowest BCUT2D eigenvalue weighted by molar-refractivity contribution is 0.102. The summed E-state index contributed by atoms with van der Waals surface area (Å²) in [5.41, 5.74) is 0.991. The van der Waals surface area contributed by atoms with Gasteiger partial charge in [-0.25, -0.2) is 0 Å². The van der Waals surface area contributed by atoms with Crippen LogP contribution in [0.15, 0.2) is 41.1 Å². The van der Waals surface area contributed by atoms with E-state index in [1.54, 1.807) is 30.6 Å². The van der Waals surface area contributed by atoms with E-state index >= 15 is 0 Å². The molecule has 0 fully saturated rings. The predicted octanol–water partition coefficient (Wildman–Crippen LogP) is 4.40. The van der Waals surface area contributed by atoms with Crippen LogP contribution < -0.4 is 5.32 Å². The number of anilines is 1. The molecule has 2 rings (SSSR count). The Morgan fingerprint density at radius 3 is 2.72 bits per heavy atom. The first-order valence-electron chi connectivity index (χ1n) is 4.94. The largest absolute Gasteiger partial charge is 0.321 e. The number of carbonyl (C=O) groups is 1. The van der Waals surface area contributed by atoms with Crippen molar-refractivity contribution in [2.24, 2.45) is 0 Å². The minimum Gasteiger partial charge on any atom is -0.321 e. The third-order valence-electron chi connectivity index (χ3n) is 2.20. The Labute approximate surface area is 122 Å². The Hall–Kier alpha value is -1.10. The van der Waals surface area contributed by atoms with Crippen LogP contribution in [-0.4, -0.2) is 10.9 Å². The lowest BCUT2D eigenvalue weighted by atomic mass is 10.2. The molecular formula is C12H7BrCl2N2O. The summed E-state index contributed by atoms with van der Waals surface area (Å²) in [6.07, 6.45) is 3.18. The van der Waals surface area contributed by atoms with Gasteiger partial charge in [-0.1, -0.05) is 23.2 Å². The summed E-state index contributed by atoms with van der Waals surface area (Å²) in [6.45, 7) is 0. The number of benzene rings is 1. The highest BCUT2D eigenvalue weighted by molar-refractivity contribution is 9.10. The van der Waals surface area contributed by atoms with Gasteiger partial charge in [-0.05, 0) is 40.2 Å². The molecular weight excluding hydrogens is 339 g/mol. The van der Waals surface area contributed by atoms with E-state index in [9.17, 15) is 4.79 Å². The maximum absolute atomic E-state index is 12.0. The molecule has 92 valence electrons. The molecule has 1 aromatic carbocycles. The molecule has 1 aromatic heterocycles. The van der Waals surface area contributed by atoms with Crippen molar-refractivity contribution in [2.45, 2.75) is 0 Å². The van der Waals surface area contributed by atoms with E-state index in [4.69, 9.17) is 23.2 Å². The van der Waals surface area contributed by atoms with Crippen molar-refractivity contribution >= 4 is 50.7 Å². The molecule has 0 unspecified atom stereocenters. The Kier molecular flexibility index (Phi) is 4.22. The first-order chi connectivity index (χ1) is 8.58. The van der Waals surface area contributed by atoms with Gasteiger partial charge >= 0.3 is 0 Å². The van der Waals surface area contributed by atoms with Gasteiger partial charge in [0.15, 0.2) is 0 Å². The first-order valence-corrected chi connectivity index (χ1v) is 6.49. The minimum atomic E-state index is -0.302. The number of carbonyl (C=O) groups excluding carboxylic acids is 1. The monoisotopic (exact) mass is 344 g/mol. The number of rotatable bonds is 2. The van der Waals surface area contributed by atoms with Gasteiger partial charge in [-0.15, -0.1) is 0 Å². The smallest absolute Gasteiger partial charge is 0.257 e. The highest BCUT2D eigenvalue weighted by Crippen LogP contribution is 2.24. The van der Waals surface area contributed by atoms with Gasteiger partial charge in [0.25, 0.3) is 5.91 Å². The van der Waals surface area contributed by atoms with Crippen molar-refractivity contribution in [1.82, 2.24) is 4.98 Å². The molecule has 6 heteroatoms. The number of halogens is 3. The van der Waals surface area contributed by atoms with Crippen molar-refractivity contribution in [2.75, 3.05) is 5.32 Å². The predicted molar refractivity (Wildman–Crippen MR) is 76.4 cm³/mol. The minimum absolute atomic E-state index is 0.302. The fourth-order valence-corrected chi connectivity index (χ4v) is 2.18. The van der Waals surface area contributed by atoms with Crippen molar-refractivity contribution < 1.29 is 4.79 Å². The van der Waals surface area contributed by atoms with E-state index in [0.29, 0.717) is 25.8 Å². The van der Waals surface area contributed by atoms with E-state index < -0.39 is 0 Å². The lowest BCUT2D eigenvalue weighted by Crippen LogP contribution is -2.12. The fraction of sp³-hybridized carbons (Fsp3) is 0. The first kappa shape index (κ1) is 13.3. The van der Waals surface area contributed by atoms with Crippen LogP contribution in [0.2, 0.25) is 10.0 Å². The van der Waals surface area contributed by atoms with Crippen molar-refractivity contribution in [3.8, 4) is 0 Å². The number of hydrogen-bond acceptors (Lipinski definition) is 2. The van der Waals surface area contributed by atoms with Gasteiger partial charge < -0.3 is 5.32 Å². The van der Waals surface area contributed by atoms with Gasteiger partial charge in [-0.2, -0.15) is 0 Å². The standard InChI is InChI=1S/C12H7BrCl2N2O/c13-9-6-16-4-3-11(9)17-12(18)8-2-1-7(14)5-10(8)15/h1-6H,(H,16,17,18). The summed E-state index contributed by atoms with van der Waals surface area (Å²) in [7, 11) is 0. The number of amides is 1. The summed E-state index contributed by atoms with van der Waals surface area (Å²) in [5, 5.41) is 3.53. The zero-order valence-electron chi connectivity index (χ0n) is 8.95. The number of pyridine rings is 1. The molecule has 3 nitrogen and oxygen atoms in total. The van der Waals surface area contributed by atoms with E-state index in [0.717, 1.165) is 0 Å². The quantitative estimate of drug-likeness (QED) is 0.876. The maximum atomic E-state index is 12.0. The molecule has 2 aromatic rings. The molecule has 0 saturated heterocycles. The number of nitrogens with one attached hydrogen (secondary N) is 1. The van der Waals surface area contributed by atoms with Crippen LogP contribution in [0.25, 0.3) is 0 Å². The summed E-state index contributed by atoms with van der Waals surface area (Å²) in [6, 6.07) is 6.41. The average molecular weight is 346 g/mol. The highest BCUT2D eigenvalue weighted by Gasteiger charge is 2.12. The van der Waals surface area contributed by atoms with Gasteiger partial charge in [0.05, 0.1) is 20.7 Å². The van der Waals surface area contributed by atoms with E-state index in [1.807, 2.05) is 0 Å². The molecule has 0 spiro atoms. The molecule has 0 saturated carbocycles. The summed E-state index contributed by atoms with van der Waals surface area (Å²) < 4.78 is 0.698. The topological polar surface area (TPSA) is 42.0 Å². The molecule has 18 heavy (non-hydrogen) atoms. The SMILES string of the molecule is O=C(Nc1ccncc1Br)c1ccc(Cl)cc1Cl. The summed E-state index contributed by atoms with van der Waals surface area (Å²) >= 11 is 15.0. The van der Waals surface area contributed by atoms with Crippen LogP contribution in [0.1, 0.15) is 10.4 Å². The van der Waals surface area contributed by atoms with Crippen LogP contribution in [-0.2, 0) is 0 Å². The number of nitrogens with zero attached hydrogens (tertiary/aromatic N) is 1. The Bertz CT molecular complexity index is 604. The normalized spacial score (nSPS) is 10.2. The Morgan fingerprint density at radius 2 is 2.06 bits per heavy atom. The second-order valence-corrected chi connectivity index (χ2v) is 5.13. The second kappa shape index (κ2) is 5.69. The van der Waals surface area contributed by atoms with Crippen molar-refractivity contribution in [1.29, 1.82) is 0 Å². The van der Waals surface area contributed by atoms with Crippen molar-refractivity contribution in [3.63, 3.8) is 0 Å². The van der Waals surface area contributed by atoms with Crippen LogP contribution in [0.5, 0.6) is 0 Å². The average Bonchev–Trinajstić information content (AvgIpc) is 2.32. The van der Waals surface area contributed by atoms with E-state index in [-0.39, 0.29) is 5.91 Å². The molecule has 0 aliphatic carbocycles. The van der Waals surface area contributed by atoms with E-state index in [1.165, 1.54) is 6.07 Å². The fourth-order valence-electron chi connectivity index (χ4n) is 1.34. The number of aromatic nitrogens is 1. The molecule has 0 aliphatic rings. The van der Waals surface area contributed by atoms with E-state index in [2.05, 4.69) is 26.2 Å². The summed E-state index contributed by atoms with van der Waals surface area (Å²) in [5.74, 6) is -0.302. The molecule has 1 N–H and O–H groups in total. The summed E-state index contributed by atoms with van der Waals surface area (Å²) in [4.78, 5) is 15.9. The van der Waals surface area contributed by atoms with Gasteiger partial charge in [-0.3, -0.25) is 9.78 Å². The molecule has 1 amide bonds. The number of hydrogen-bond donors (Lipinski definition) is 1.